The summed E-state index contributed by atoms with van der Waals surface area (Å²) in [5, 5.41) is 3.39. The summed E-state index contributed by atoms with van der Waals surface area (Å²) >= 11 is 1.28. The fourth-order valence-corrected chi connectivity index (χ4v) is 2.95. The minimum atomic E-state index is -4.55. The molecule has 0 fully saturated rings. The van der Waals surface area contributed by atoms with E-state index in [4.69, 9.17) is 0 Å². The Morgan fingerprint density at radius 2 is 1.92 bits per heavy atom. The van der Waals surface area contributed by atoms with Crippen LogP contribution in [0.3, 0.4) is 0 Å². The Bertz CT molecular complexity index is 756. The fourth-order valence-electron chi connectivity index (χ4n) is 1.97. The summed E-state index contributed by atoms with van der Waals surface area (Å²) in [5.41, 5.74) is -0.227. The molecule has 0 radical (unpaired) electrons. The van der Waals surface area contributed by atoms with Gasteiger partial charge < -0.3 is 5.32 Å². The van der Waals surface area contributed by atoms with E-state index in [1.807, 2.05) is 13.8 Å². The SMILES string of the molecule is Cc1cc(C(F)(F)F)nc(CNC(=O)c2sc(C(C)C)nc2C)n1. The van der Waals surface area contributed by atoms with E-state index in [9.17, 15) is 18.0 Å². The summed E-state index contributed by atoms with van der Waals surface area (Å²) < 4.78 is 38.3. The van der Waals surface area contributed by atoms with Gasteiger partial charge in [-0.1, -0.05) is 13.8 Å². The number of halogens is 3. The molecule has 0 atom stereocenters. The molecule has 0 unspecified atom stereocenters. The van der Waals surface area contributed by atoms with Gasteiger partial charge in [0.05, 0.1) is 17.2 Å². The van der Waals surface area contributed by atoms with Crippen LogP contribution in [0.4, 0.5) is 13.2 Å². The van der Waals surface area contributed by atoms with Crippen LogP contribution in [-0.2, 0) is 12.7 Å². The number of rotatable bonds is 4. The van der Waals surface area contributed by atoms with Crippen LogP contribution in [0.5, 0.6) is 0 Å². The van der Waals surface area contributed by atoms with Gasteiger partial charge in [0.15, 0.2) is 0 Å². The zero-order valence-corrected chi connectivity index (χ0v) is 14.5. The van der Waals surface area contributed by atoms with Crippen molar-refractivity contribution in [1.82, 2.24) is 20.3 Å². The highest BCUT2D eigenvalue weighted by Crippen LogP contribution is 2.28. The van der Waals surface area contributed by atoms with Crippen molar-refractivity contribution in [2.24, 2.45) is 0 Å². The van der Waals surface area contributed by atoms with Crippen LogP contribution >= 0.6 is 11.3 Å². The van der Waals surface area contributed by atoms with Crippen molar-refractivity contribution in [2.75, 3.05) is 0 Å². The maximum absolute atomic E-state index is 12.8. The number of hydrogen-bond donors (Lipinski definition) is 1. The molecule has 130 valence electrons. The Morgan fingerprint density at radius 1 is 1.25 bits per heavy atom. The number of thiazole rings is 1. The molecule has 0 aromatic carbocycles. The number of amides is 1. The molecule has 0 saturated heterocycles. The number of nitrogens with one attached hydrogen (secondary N) is 1. The minimum Gasteiger partial charge on any atom is -0.344 e. The van der Waals surface area contributed by atoms with Crippen molar-refractivity contribution in [3.63, 3.8) is 0 Å². The molecule has 0 aliphatic rings. The molecule has 0 aliphatic carbocycles. The first-order valence-electron chi connectivity index (χ1n) is 7.25. The summed E-state index contributed by atoms with van der Waals surface area (Å²) in [5.74, 6) is -0.276. The van der Waals surface area contributed by atoms with Gasteiger partial charge in [-0.2, -0.15) is 13.2 Å². The van der Waals surface area contributed by atoms with Crippen LogP contribution in [-0.4, -0.2) is 20.9 Å². The molecule has 2 aromatic rings. The molecule has 0 spiro atoms. The molecule has 1 amide bonds. The fraction of sp³-hybridized carbons (Fsp3) is 0.467. The first kappa shape index (κ1) is 18.3. The first-order valence-corrected chi connectivity index (χ1v) is 8.07. The van der Waals surface area contributed by atoms with E-state index >= 15 is 0 Å². The molecule has 2 aromatic heterocycles. The van der Waals surface area contributed by atoms with E-state index in [0.717, 1.165) is 11.1 Å². The van der Waals surface area contributed by atoms with Crippen molar-refractivity contribution >= 4 is 17.2 Å². The standard InChI is InChI=1S/C15H17F3N4OS/c1-7(2)14-21-9(4)12(24-14)13(23)19-6-11-20-8(3)5-10(22-11)15(16,17)18/h5,7H,6H2,1-4H3,(H,19,23). The van der Waals surface area contributed by atoms with E-state index < -0.39 is 17.8 Å². The van der Waals surface area contributed by atoms with E-state index in [2.05, 4.69) is 20.3 Å². The lowest BCUT2D eigenvalue weighted by molar-refractivity contribution is -0.141. The number of carbonyl (C=O) groups is 1. The number of aryl methyl sites for hydroxylation is 2. The van der Waals surface area contributed by atoms with Gasteiger partial charge in [-0.25, -0.2) is 15.0 Å². The van der Waals surface area contributed by atoms with Gasteiger partial charge in [-0.05, 0) is 19.9 Å². The van der Waals surface area contributed by atoms with Crippen molar-refractivity contribution in [3.05, 3.63) is 38.9 Å². The third-order valence-electron chi connectivity index (χ3n) is 3.11. The second kappa shape index (κ2) is 6.84. The van der Waals surface area contributed by atoms with Gasteiger partial charge in [-0.3, -0.25) is 4.79 Å². The maximum atomic E-state index is 12.8. The minimum absolute atomic E-state index is 0.0815. The van der Waals surface area contributed by atoms with Gasteiger partial charge in [0.1, 0.15) is 16.4 Å². The Labute approximate surface area is 141 Å². The summed E-state index contributed by atoms with van der Waals surface area (Å²) in [6, 6.07) is 0.869. The van der Waals surface area contributed by atoms with E-state index in [1.165, 1.54) is 18.3 Å². The normalized spacial score (nSPS) is 11.8. The molecule has 2 heterocycles. The number of nitrogens with zero attached hydrogens (tertiary/aromatic N) is 3. The zero-order valence-electron chi connectivity index (χ0n) is 13.7. The lowest BCUT2D eigenvalue weighted by Gasteiger charge is -2.09. The van der Waals surface area contributed by atoms with Crippen LogP contribution < -0.4 is 5.32 Å². The van der Waals surface area contributed by atoms with Crippen molar-refractivity contribution < 1.29 is 18.0 Å². The Morgan fingerprint density at radius 3 is 2.46 bits per heavy atom. The summed E-state index contributed by atoms with van der Waals surface area (Å²) in [7, 11) is 0. The van der Waals surface area contributed by atoms with Crippen molar-refractivity contribution in [2.45, 2.75) is 46.3 Å². The van der Waals surface area contributed by atoms with Gasteiger partial charge >= 0.3 is 6.18 Å². The summed E-state index contributed by atoms with van der Waals surface area (Å²) in [6.45, 7) is 6.93. The van der Waals surface area contributed by atoms with E-state index in [-0.39, 0.29) is 24.0 Å². The van der Waals surface area contributed by atoms with Gasteiger partial charge in [-0.15, -0.1) is 11.3 Å². The van der Waals surface area contributed by atoms with Crippen molar-refractivity contribution in [3.8, 4) is 0 Å². The highest BCUT2D eigenvalue weighted by atomic mass is 32.1. The summed E-state index contributed by atoms with van der Waals surface area (Å²) in [6.07, 6.45) is -4.55. The van der Waals surface area contributed by atoms with E-state index in [0.29, 0.717) is 10.6 Å². The largest absolute Gasteiger partial charge is 0.433 e. The molecule has 2 rings (SSSR count). The van der Waals surface area contributed by atoms with Crippen LogP contribution in [0.15, 0.2) is 6.07 Å². The number of alkyl halides is 3. The van der Waals surface area contributed by atoms with Gasteiger partial charge in [0, 0.05) is 11.6 Å². The second-order valence-corrected chi connectivity index (χ2v) is 6.64. The lowest BCUT2D eigenvalue weighted by Crippen LogP contribution is -2.24. The molecule has 5 nitrogen and oxygen atoms in total. The second-order valence-electron chi connectivity index (χ2n) is 5.61. The smallest absolute Gasteiger partial charge is 0.344 e. The Kier molecular flexibility index (Phi) is 5.22. The molecular formula is C15H17F3N4OS. The molecule has 1 N–H and O–H groups in total. The number of hydrogen-bond acceptors (Lipinski definition) is 5. The Balaban J connectivity index is 2.13. The highest BCUT2D eigenvalue weighted by molar-refractivity contribution is 7.13. The Hall–Kier alpha value is -2.03. The predicted molar refractivity (Wildman–Crippen MR) is 83.9 cm³/mol. The summed E-state index contributed by atoms with van der Waals surface area (Å²) in [4.78, 5) is 24.4. The van der Waals surface area contributed by atoms with Gasteiger partial charge in [0.25, 0.3) is 5.91 Å². The first-order chi connectivity index (χ1) is 11.1. The topological polar surface area (TPSA) is 67.8 Å². The zero-order chi connectivity index (χ0) is 18.1. The average Bonchev–Trinajstić information content (AvgIpc) is 2.85. The molecule has 24 heavy (non-hydrogen) atoms. The average molecular weight is 358 g/mol. The van der Waals surface area contributed by atoms with Crippen molar-refractivity contribution in [1.29, 1.82) is 0 Å². The lowest BCUT2D eigenvalue weighted by atomic mass is 10.2. The van der Waals surface area contributed by atoms with Gasteiger partial charge in [0.2, 0.25) is 0 Å². The third-order valence-corrected chi connectivity index (χ3v) is 4.57. The monoisotopic (exact) mass is 358 g/mol. The quantitative estimate of drug-likeness (QED) is 0.906. The highest BCUT2D eigenvalue weighted by Gasteiger charge is 2.33. The number of aromatic nitrogens is 3. The van der Waals surface area contributed by atoms with Crippen LogP contribution in [0, 0.1) is 13.8 Å². The molecular weight excluding hydrogens is 341 g/mol. The molecule has 0 aliphatic heterocycles. The van der Waals surface area contributed by atoms with Crippen LogP contribution in [0.25, 0.3) is 0 Å². The van der Waals surface area contributed by atoms with E-state index in [1.54, 1.807) is 6.92 Å². The number of carbonyl (C=O) groups excluding carboxylic acids is 1. The predicted octanol–water partition coefficient (Wildman–Crippen LogP) is 3.62. The maximum Gasteiger partial charge on any atom is 0.433 e. The molecule has 0 saturated carbocycles. The van der Waals surface area contributed by atoms with Crippen LogP contribution in [0.1, 0.15) is 57.4 Å². The van der Waals surface area contributed by atoms with Crippen LogP contribution in [0.2, 0.25) is 0 Å². The molecule has 0 bridgehead atoms. The molecule has 9 heteroatoms. The third kappa shape index (κ3) is 4.28.